The van der Waals surface area contributed by atoms with E-state index in [-0.39, 0.29) is 10.5 Å². The van der Waals surface area contributed by atoms with E-state index in [1.165, 1.54) is 12.1 Å². The largest absolute Gasteiger partial charge is 0.478 e. The van der Waals surface area contributed by atoms with Gasteiger partial charge in [0.25, 0.3) is 10.0 Å². The molecule has 0 fully saturated rings. The van der Waals surface area contributed by atoms with Crippen LogP contribution in [0.4, 0.5) is 5.69 Å². The van der Waals surface area contributed by atoms with E-state index >= 15 is 0 Å². The molecule has 22 heavy (non-hydrogen) atoms. The first-order chi connectivity index (χ1) is 10.2. The first kappa shape index (κ1) is 16.0. The van der Waals surface area contributed by atoms with Crippen molar-refractivity contribution < 1.29 is 18.3 Å². The molecule has 0 heterocycles. The number of aryl methyl sites for hydroxylation is 2. The van der Waals surface area contributed by atoms with Crippen LogP contribution in [0.1, 0.15) is 27.0 Å². The molecule has 5 nitrogen and oxygen atoms in total. The van der Waals surface area contributed by atoms with Crippen molar-refractivity contribution in [3.8, 4) is 0 Å². The van der Waals surface area contributed by atoms with Crippen molar-refractivity contribution in [2.24, 2.45) is 0 Å². The first-order valence-corrected chi connectivity index (χ1v) is 8.13. The minimum atomic E-state index is -3.86. The Balaban J connectivity index is 2.54. The lowest BCUT2D eigenvalue weighted by molar-refractivity contribution is 0.0696. The third kappa shape index (κ3) is 3.12. The highest BCUT2D eigenvalue weighted by Crippen LogP contribution is 2.25. The van der Waals surface area contributed by atoms with E-state index in [1.54, 1.807) is 39.0 Å². The van der Waals surface area contributed by atoms with Gasteiger partial charge < -0.3 is 5.11 Å². The Bertz CT molecular complexity index is 841. The van der Waals surface area contributed by atoms with Gasteiger partial charge in [-0.3, -0.25) is 4.72 Å². The number of nitrogens with one attached hydrogen (secondary N) is 1. The summed E-state index contributed by atoms with van der Waals surface area (Å²) in [5.41, 5.74) is 2.36. The summed E-state index contributed by atoms with van der Waals surface area (Å²) < 4.78 is 27.7. The molecule has 0 spiro atoms. The van der Waals surface area contributed by atoms with Gasteiger partial charge in [-0.05, 0) is 55.7 Å². The Hall–Kier alpha value is -2.34. The smallest absolute Gasteiger partial charge is 0.335 e. The maximum Gasteiger partial charge on any atom is 0.335 e. The second-order valence-corrected chi connectivity index (χ2v) is 6.79. The Morgan fingerprint density at radius 2 is 1.68 bits per heavy atom. The van der Waals surface area contributed by atoms with Crippen LogP contribution in [0.15, 0.2) is 41.3 Å². The van der Waals surface area contributed by atoms with Gasteiger partial charge in [0, 0.05) is 0 Å². The van der Waals surface area contributed by atoms with E-state index in [9.17, 15) is 13.2 Å². The number of hydrogen-bond acceptors (Lipinski definition) is 3. The van der Waals surface area contributed by atoms with Gasteiger partial charge in [-0.1, -0.05) is 18.2 Å². The Labute approximate surface area is 129 Å². The molecule has 0 unspecified atom stereocenters. The lowest BCUT2D eigenvalue weighted by atomic mass is 10.1. The molecule has 2 aromatic carbocycles. The Kier molecular flexibility index (Phi) is 4.23. The van der Waals surface area contributed by atoms with Gasteiger partial charge in [-0.2, -0.15) is 0 Å². The number of sulfonamides is 1. The minimum Gasteiger partial charge on any atom is -0.478 e. The number of para-hydroxylation sites is 1. The lowest BCUT2D eigenvalue weighted by Crippen LogP contribution is -2.16. The molecular weight excluding hydrogens is 302 g/mol. The van der Waals surface area contributed by atoms with E-state index in [0.717, 1.165) is 5.56 Å². The number of anilines is 1. The molecule has 6 heteroatoms. The van der Waals surface area contributed by atoms with Crippen molar-refractivity contribution in [1.29, 1.82) is 0 Å². The predicted octanol–water partition coefficient (Wildman–Crippen LogP) is 3.11. The van der Waals surface area contributed by atoms with Crippen molar-refractivity contribution in [2.75, 3.05) is 4.72 Å². The van der Waals surface area contributed by atoms with Crippen molar-refractivity contribution in [2.45, 2.75) is 25.7 Å². The van der Waals surface area contributed by atoms with Crippen LogP contribution in [-0.4, -0.2) is 19.5 Å². The Morgan fingerprint density at radius 3 is 2.27 bits per heavy atom. The van der Waals surface area contributed by atoms with E-state index in [2.05, 4.69) is 4.72 Å². The number of carbonyl (C=O) groups is 1. The van der Waals surface area contributed by atoms with Gasteiger partial charge in [-0.15, -0.1) is 0 Å². The first-order valence-electron chi connectivity index (χ1n) is 6.65. The second-order valence-electron chi connectivity index (χ2n) is 5.14. The third-order valence-corrected chi connectivity index (χ3v) is 5.04. The van der Waals surface area contributed by atoms with Gasteiger partial charge >= 0.3 is 5.97 Å². The van der Waals surface area contributed by atoms with Crippen LogP contribution in [0.25, 0.3) is 0 Å². The number of aromatic carboxylic acids is 1. The zero-order valence-corrected chi connectivity index (χ0v) is 13.4. The summed E-state index contributed by atoms with van der Waals surface area (Å²) in [6.07, 6.45) is 0. The van der Waals surface area contributed by atoms with Crippen molar-refractivity contribution in [3.05, 3.63) is 58.7 Å². The zero-order chi connectivity index (χ0) is 16.5. The van der Waals surface area contributed by atoms with Crippen LogP contribution >= 0.6 is 0 Å². The minimum absolute atomic E-state index is 0.0202. The van der Waals surface area contributed by atoms with Gasteiger partial charge in [0.05, 0.1) is 16.1 Å². The Morgan fingerprint density at radius 1 is 1.05 bits per heavy atom. The van der Waals surface area contributed by atoms with Crippen LogP contribution in [0.5, 0.6) is 0 Å². The average Bonchev–Trinajstić information content (AvgIpc) is 2.43. The highest BCUT2D eigenvalue weighted by molar-refractivity contribution is 7.92. The summed E-state index contributed by atoms with van der Waals surface area (Å²) in [4.78, 5) is 11.1. The quantitative estimate of drug-likeness (QED) is 0.907. The molecular formula is C16H17NO4S. The number of hydrogen-bond donors (Lipinski definition) is 2. The molecule has 0 aliphatic rings. The molecule has 2 rings (SSSR count). The normalized spacial score (nSPS) is 11.2. The highest BCUT2D eigenvalue weighted by Gasteiger charge is 2.21. The van der Waals surface area contributed by atoms with Gasteiger partial charge in [-0.25, -0.2) is 13.2 Å². The predicted molar refractivity (Wildman–Crippen MR) is 84.9 cm³/mol. The van der Waals surface area contributed by atoms with Gasteiger partial charge in [0.15, 0.2) is 0 Å². The summed E-state index contributed by atoms with van der Waals surface area (Å²) in [5, 5.41) is 9.11. The molecule has 2 N–H and O–H groups in total. The lowest BCUT2D eigenvalue weighted by Gasteiger charge is -2.14. The molecule has 0 aliphatic carbocycles. The molecule has 0 bridgehead atoms. The molecule has 0 amide bonds. The van der Waals surface area contributed by atoms with Crippen molar-refractivity contribution in [3.63, 3.8) is 0 Å². The van der Waals surface area contributed by atoms with Crippen LogP contribution in [-0.2, 0) is 10.0 Å². The number of carboxylic acids is 1. The summed E-state index contributed by atoms with van der Waals surface area (Å²) in [7, 11) is -3.86. The van der Waals surface area contributed by atoms with Crippen molar-refractivity contribution in [1.82, 2.24) is 0 Å². The maximum absolute atomic E-state index is 12.6. The van der Waals surface area contributed by atoms with E-state index in [0.29, 0.717) is 16.8 Å². The second kappa shape index (κ2) is 5.81. The molecule has 0 saturated heterocycles. The topological polar surface area (TPSA) is 83.5 Å². The summed E-state index contributed by atoms with van der Waals surface area (Å²) in [6.45, 7) is 5.14. The third-order valence-electron chi connectivity index (χ3n) is 3.55. The average molecular weight is 319 g/mol. The maximum atomic E-state index is 12.6. The zero-order valence-electron chi connectivity index (χ0n) is 12.5. The summed E-state index contributed by atoms with van der Waals surface area (Å²) in [6, 6.07) is 9.65. The highest BCUT2D eigenvalue weighted by atomic mass is 32.2. The fourth-order valence-corrected chi connectivity index (χ4v) is 3.59. The van der Waals surface area contributed by atoms with Gasteiger partial charge in [0.1, 0.15) is 0 Å². The summed E-state index contributed by atoms with van der Waals surface area (Å²) in [5.74, 6) is -1.16. The molecule has 0 saturated carbocycles. The van der Waals surface area contributed by atoms with Crippen LogP contribution < -0.4 is 4.72 Å². The molecule has 0 atom stereocenters. The SMILES string of the molecule is Cc1ccccc1NS(=O)(=O)c1cc(C(=O)O)cc(C)c1C. The fraction of sp³-hybridized carbons (Fsp3) is 0.188. The van der Waals surface area contributed by atoms with Crippen LogP contribution in [0.2, 0.25) is 0 Å². The number of rotatable bonds is 4. The molecule has 2 aromatic rings. The molecule has 116 valence electrons. The number of benzene rings is 2. The monoisotopic (exact) mass is 319 g/mol. The van der Waals surface area contributed by atoms with Crippen molar-refractivity contribution >= 4 is 21.7 Å². The van der Waals surface area contributed by atoms with Crippen LogP contribution in [0, 0.1) is 20.8 Å². The molecule has 0 radical (unpaired) electrons. The number of carboxylic acid groups (broad SMARTS) is 1. The van der Waals surface area contributed by atoms with Gasteiger partial charge in [0.2, 0.25) is 0 Å². The van der Waals surface area contributed by atoms with Crippen LogP contribution in [0.3, 0.4) is 0 Å². The molecule has 0 aromatic heterocycles. The van der Waals surface area contributed by atoms with E-state index < -0.39 is 16.0 Å². The fourth-order valence-electron chi connectivity index (χ4n) is 2.12. The standard InChI is InChI=1S/C16H17NO4S/c1-10-6-4-5-7-14(10)17-22(20,21)15-9-13(16(18)19)8-11(2)12(15)3/h4-9,17H,1-3H3,(H,18,19). The van der Waals surface area contributed by atoms with E-state index in [1.807, 2.05) is 6.07 Å². The molecule has 0 aliphatic heterocycles. The summed E-state index contributed by atoms with van der Waals surface area (Å²) >= 11 is 0. The van der Waals surface area contributed by atoms with E-state index in [4.69, 9.17) is 5.11 Å².